The molecule has 1 aromatic rings. The van der Waals surface area contributed by atoms with Crippen LogP contribution in [-0.4, -0.2) is 51.3 Å². The molecule has 2 heterocycles. The van der Waals surface area contributed by atoms with Gasteiger partial charge in [-0.05, 0) is 31.9 Å². The summed E-state index contributed by atoms with van der Waals surface area (Å²) in [5.41, 5.74) is 2.45. The number of sulfone groups is 1. The number of nitrogens with zero attached hydrogens (tertiary/aromatic N) is 1. The first-order valence-electron chi connectivity index (χ1n) is 8.35. The lowest BCUT2D eigenvalue weighted by Gasteiger charge is -2.38. The number of rotatable bonds is 4. The van der Waals surface area contributed by atoms with E-state index in [1.54, 1.807) is 0 Å². The Morgan fingerprint density at radius 3 is 2.57 bits per heavy atom. The molecule has 0 spiro atoms. The van der Waals surface area contributed by atoms with Gasteiger partial charge in [-0.15, -0.1) is 0 Å². The molecule has 2 saturated heterocycles. The molecule has 3 atom stereocenters. The molecule has 0 aromatic heterocycles. The van der Waals surface area contributed by atoms with Crippen LogP contribution < -0.4 is 10.2 Å². The van der Waals surface area contributed by atoms with Crippen molar-refractivity contribution in [3.8, 4) is 0 Å². The van der Waals surface area contributed by atoms with E-state index in [2.05, 4.69) is 42.3 Å². The first-order chi connectivity index (χ1) is 10.9. The molecule has 0 amide bonds. The topological polar surface area (TPSA) is 58.6 Å². The number of anilines is 1. The Labute approximate surface area is 138 Å². The van der Waals surface area contributed by atoms with Gasteiger partial charge in [0.1, 0.15) is 0 Å². The van der Waals surface area contributed by atoms with Gasteiger partial charge in [0.25, 0.3) is 0 Å². The first kappa shape index (κ1) is 16.7. The van der Waals surface area contributed by atoms with E-state index in [1.165, 1.54) is 11.3 Å². The molecule has 128 valence electrons. The van der Waals surface area contributed by atoms with Gasteiger partial charge in [-0.25, -0.2) is 8.42 Å². The predicted molar refractivity (Wildman–Crippen MR) is 92.6 cm³/mol. The average molecular weight is 338 g/mol. The van der Waals surface area contributed by atoms with E-state index in [9.17, 15) is 8.42 Å². The van der Waals surface area contributed by atoms with Crippen molar-refractivity contribution >= 4 is 15.5 Å². The smallest absolute Gasteiger partial charge is 0.151 e. The largest absolute Gasteiger partial charge is 0.372 e. The molecule has 2 aliphatic rings. The number of para-hydroxylation sites is 1. The van der Waals surface area contributed by atoms with Crippen LogP contribution in [0, 0.1) is 0 Å². The van der Waals surface area contributed by atoms with Gasteiger partial charge < -0.3 is 15.0 Å². The summed E-state index contributed by atoms with van der Waals surface area (Å²) in [6.07, 6.45) is 1.16. The Morgan fingerprint density at radius 2 is 1.91 bits per heavy atom. The average Bonchev–Trinajstić information content (AvgIpc) is 2.84. The molecule has 2 aliphatic heterocycles. The van der Waals surface area contributed by atoms with Gasteiger partial charge in [-0.2, -0.15) is 0 Å². The normalized spacial score (nSPS) is 30.5. The maximum Gasteiger partial charge on any atom is 0.151 e. The maximum atomic E-state index is 11.6. The van der Waals surface area contributed by atoms with E-state index in [0.29, 0.717) is 12.3 Å². The van der Waals surface area contributed by atoms with Crippen molar-refractivity contribution in [2.45, 2.75) is 45.1 Å². The van der Waals surface area contributed by atoms with Gasteiger partial charge in [-0.3, -0.25) is 0 Å². The van der Waals surface area contributed by atoms with E-state index in [0.717, 1.165) is 19.5 Å². The Balaban J connectivity index is 1.68. The third kappa shape index (κ3) is 4.25. The fourth-order valence-electron chi connectivity index (χ4n) is 3.55. The Bertz CT molecular complexity index is 637. The highest BCUT2D eigenvalue weighted by molar-refractivity contribution is 7.91. The molecule has 6 heteroatoms. The van der Waals surface area contributed by atoms with Crippen LogP contribution in [0.25, 0.3) is 0 Å². The summed E-state index contributed by atoms with van der Waals surface area (Å²) in [5, 5.41) is 3.42. The summed E-state index contributed by atoms with van der Waals surface area (Å²) in [6.45, 7) is 6.69. The molecule has 23 heavy (non-hydrogen) atoms. The van der Waals surface area contributed by atoms with Crippen molar-refractivity contribution in [2.24, 2.45) is 0 Å². The van der Waals surface area contributed by atoms with Gasteiger partial charge in [0.15, 0.2) is 9.84 Å². The van der Waals surface area contributed by atoms with Crippen LogP contribution in [0.2, 0.25) is 0 Å². The van der Waals surface area contributed by atoms with Crippen molar-refractivity contribution in [3.05, 3.63) is 29.8 Å². The lowest BCUT2D eigenvalue weighted by Crippen LogP contribution is -2.46. The second-order valence-electron chi connectivity index (χ2n) is 6.77. The molecule has 1 aromatic carbocycles. The van der Waals surface area contributed by atoms with Crippen molar-refractivity contribution in [2.75, 3.05) is 29.5 Å². The van der Waals surface area contributed by atoms with Crippen LogP contribution in [0.5, 0.6) is 0 Å². The van der Waals surface area contributed by atoms with Crippen molar-refractivity contribution in [3.63, 3.8) is 0 Å². The highest BCUT2D eigenvalue weighted by Crippen LogP contribution is 2.25. The van der Waals surface area contributed by atoms with Gasteiger partial charge in [-0.1, -0.05) is 18.2 Å². The lowest BCUT2D eigenvalue weighted by atomic mass is 10.1. The second kappa shape index (κ2) is 6.79. The summed E-state index contributed by atoms with van der Waals surface area (Å²) >= 11 is 0. The first-order valence-corrected chi connectivity index (χ1v) is 10.2. The highest BCUT2D eigenvalue weighted by Gasteiger charge is 2.28. The Kier molecular flexibility index (Phi) is 4.94. The Hall–Kier alpha value is -1.11. The molecule has 0 bridgehead atoms. The van der Waals surface area contributed by atoms with E-state index >= 15 is 0 Å². The maximum absolute atomic E-state index is 11.6. The number of hydrogen-bond acceptors (Lipinski definition) is 5. The monoisotopic (exact) mass is 338 g/mol. The zero-order chi connectivity index (χ0) is 16.4. The van der Waals surface area contributed by atoms with Gasteiger partial charge in [0.05, 0.1) is 23.7 Å². The summed E-state index contributed by atoms with van der Waals surface area (Å²) in [6, 6.07) is 8.45. The molecule has 0 saturated carbocycles. The van der Waals surface area contributed by atoms with E-state index in [-0.39, 0.29) is 24.0 Å². The molecule has 3 rings (SSSR count). The SMILES string of the molecule is C[C@@H]1CN(c2ccccc2CN[C@H]2CCS(=O)(=O)C2)C[C@H](C)O1. The van der Waals surface area contributed by atoms with Gasteiger partial charge in [0.2, 0.25) is 0 Å². The number of ether oxygens (including phenoxy) is 1. The molecule has 0 aliphatic carbocycles. The minimum Gasteiger partial charge on any atom is -0.372 e. The third-order valence-corrected chi connectivity index (χ3v) is 6.33. The fourth-order valence-corrected chi connectivity index (χ4v) is 5.26. The van der Waals surface area contributed by atoms with Crippen molar-refractivity contribution < 1.29 is 13.2 Å². The predicted octanol–water partition coefficient (Wildman–Crippen LogP) is 1.58. The van der Waals surface area contributed by atoms with E-state index in [1.807, 2.05) is 6.07 Å². The lowest BCUT2D eigenvalue weighted by molar-refractivity contribution is -0.00526. The van der Waals surface area contributed by atoms with Crippen LogP contribution >= 0.6 is 0 Å². The fraction of sp³-hybridized carbons (Fsp3) is 0.647. The molecule has 1 N–H and O–H groups in total. The molecular formula is C17H26N2O3S. The summed E-state index contributed by atoms with van der Waals surface area (Å²) in [4.78, 5) is 2.38. The standard InChI is InChI=1S/C17H26N2O3S/c1-13-10-19(11-14(2)22-13)17-6-4-3-5-15(17)9-18-16-7-8-23(20,21)12-16/h3-6,13-14,16,18H,7-12H2,1-2H3/t13-,14+,16-/m0/s1. The van der Waals surface area contributed by atoms with Crippen LogP contribution in [0.3, 0.4) is 0 Å². The zero-order valence-corrected chi connectivity index (χ0v) is 14.7. The highest BCUT2D eigenvalue weighted by atomic mass is 32.2. The molecular weight excluding hydrogens is 312 g/mol. The summed E-state index contributed by atoms with van der Waals surface area (Å²) in [5.74, 6) is 0.575. The minimum atomic E-state index is -2.83. The summed E-state index contributed by atoms with van der Waals surface area (Å²) in [7, 11) is -2.83. The van der Waals surface area contributed by atoms with E-state index < -0.39 is 9.84 Å². The van der Waals surface area contributed by atoms with Crippen LogP contribution in [0.4, 0.5) is 5.69 Å². The van der Waals surface area contributed by atoms with Crippen molar-refractivity contribution in [1.29, 1.82) is 0 Å². The third-order valence-electron chi connectivity index (χ3n) is 4.57. The number of morpholine rings is 1. The van der Waals surface area contributed by atoms with E-state index in [4.69, 9.17) is 4.74 Å². The van der Waals surface area contributed by atoms with Crippen LogP contribution in [0.15, 0.2) is 24.3 Å². The second-order valence-corrected chi connectivity index (χ2v) is 9.00. The number of nitrogens with one attached hydrogen (secondary N) is 1. The molecule has 2 fully saturated rings. The van der Waals surface area contributed by atoms with Crippen LogP contribution in [-0.2, 0) is 21.1 Å². The Morgan fingerprint density at radius 1 is 1.22 bits per heavy atom. The molecule has 0 radical (unpaired) electrons. The zero-order valence-electron chi connectivity index (χ0n) is 13.9. The quantitative estimate of drug-likeness (QED) is 0.903. The van der Waals surface area contributed by atoms with Crippen molar-refractivity contribution in [1.82, 2.24) is 5.32 Å². The minimum absolute atomic E-state index is 0.0793. The molecule has 5 nitrogen and oxygen atoms in total. The number of hydrogen-bond donors (Lipinski definition) is 1. The number of benzene rings is 1. The molecule has 0 unspecified atom stereocenters. The van der Waals surface area contributed by atoms with Crippen LogP contribution in [0.1, 0.15) is 25.8 Å². The van der Waals surface area contributed by atoms with Gasteiger partial charge >= 0.3 is 0 Å². The van der Waals surface area contributed by atoms with Gasteiger partial charge in [0, 0.05) is 31.4 Å². The summed E-state index contributed by atoms with van der Waals surface area (Å²) < 4.78 is 29.0.